The van der Waals surface area contributed by atoms with Gasteiger partial charge in [0.15, 0.2) is 0 Å². The molecular formula is C26H27FN4O3S. The minimum absolute atomic E-state index is 0.0251. The van der Waals surface area contributed by atoms with E-state index in [0.717, 1.165) is 25.7 Å². The Hall–Kier alpha value is -3.59. The van der Waals surface area contributed by atoms with Crippen molar-refractivity contribution in [2.24, 2.45) is 0 Å². The zero-order valence-electron chi connectivity index (χ0n) is 19.4. The van der Waals surface area contributed by atoms with Crippen LogP contribution in [0.5, 0.6) is 0 Å². The Balaban J connectivity index is 1.69. The first kappa shape index (κ1) is 24.5. The second-order valence-electron chi connectivity index (χ2n) is 8.53. The summed E-state index contributed by atoms with van der Waals surface area (Å²) in [4.78, 5) is 45.4. The minimum atomic E-state index is -1.06. The summed E-state index contributed by atoms with van der Waals surface area (Å²) in [6.07, 6.45) is 6.90. The lowest BCUT2D eigenvalue weighted by molar-refractivity contribution is -0.126. The van der Waals surface area contributed by atoms with Crippen molar-refractivity contribution in [1.29, 1.82) is 0 Å². The highest BCUT2D eigenvalue weighted by atomic mass is 32.1. The van der Waals surface area contributed by atoms with Gasteiger partial charge in [0.1, 0.15) is 11.9 Å². The van der Waals surface area contributed by atoms with Gasteiger partial charge in [0.25, 0.3) is 5.91 Å². The Bertz CT molecular complexity index is 1180. The van der Waals surface area contributed by atoms with Gasteiger partial charge in [-0.1, -0.05) is 25.0 Å². The predicted molar refractivity (Wildman–Crippen MR) is 133 cm³/mol. The number of hydrogen-bond donors (Lipinski definition) is 2. The zero-order valence-corrected chi connectivity index (χ0v) is 20.2. The van der Waals surface area contributed by atoms with Crippen molar-refractivity contribution in [3.63, 3.8) is 0 Å². The van der Waals surface area contributed by atoms with E-state index in [9.17, 15) is 18.8 Å². The molecule has 35 heavy (non-hydrogen) atoms. The van der Waals surface area contributed by atoms with Crippen LogP contribution in [0.15, 0.2) is 60.2 Å². The molecule has 3 amide bonds. The molecule has 2 N–H and O–H groups in total. The molecule has 1 atom stereocenters. The molecule has 9 heteroatoms. The van der Waals surface area contributed by atoms with Crippen LogP contribution in [0.25, 0.3) is 0 Å². The van der Waals surface area contributed by atoms with E-state index in [1.807, 2.05) is 0 Å². The molecule has 1 aliphatic rings. The summed E-state index contributed by atoms with van der Waals surface area (Å²) < 4.78 is 14.6. The van der Waals surface area contributed by atoms with E-state index in [0.29, 0.717) is 16.0 Å². The minimum Gasteiger partial charge on any atom is -0.351 e. The molecule has 182 valence electrons. The topological polar surface area (TPSA) is 91.4 Å². The fourth-order valence-electron chi connectivity index (χ4n) is 4.22. The van der Waals surface area contributed by atoms with E-state index >= 15 is 0 Å². The SMILES string of the molecule is Cc1ccc(N(C(=O)CNC(=O)c2cccs2)C(C(=O)NC2CCCC2)c2ccncc2)cc1F. The number of halogens is 1. The number of aryl methyl sites for hydroxylation is 1. The second kappa shape index (κ2) is 11.2. The molecule has 7 nitrogen and oxygen atoms in total. The number of rotatable bonds is 8. The molecule has 4 rings (SSSR count). The van der Waals surface area contributed by atoms with Crippen molar-refractivity contribution in [3.8, 4) is 0 Å². The van der Waals surface area contributed by atoms with Gasteiger partial charge in [0, 0.05) is 24.1 Å². The monoisotopic (exact) mass is 494 g/mol. The molecule has 2 heterocycles. The number of hydrogen-bond acceptors (Lipinski definition) is 5. The lowest BCUT2D eigenvalue weighted by Gasteiger charge is -2.32. The second-order valence-corrected chi connectivity index (χ2v) is 9.48. The fourth-order valence-corrected chi connectivity index (χ4v) is 4.86. The fraction of sp³-hybridized carbons (Fsp3) is 0.308. The molecule has 0 spiro atoms. The number of aromatic nitrogens is 1. The molecule has 1 saturated carbocycles. The van der Waals surface area contributed by atoms with Crippen molar-refractivity contribution >= 4 is 34.7 Å². The van der Waals surface area contributed by atoms with Gasteiger partial charge in [-0.2, -0.15) is 0 Å². The van der Waals surface area contributed by atoms with Crippen LogP contribution in [-0.2, 0) is 9.59 Å². The predicted octanol–water partition coefficient (Wildman–Crippen LogP) is 4.15. The first-order valence-corrected chi connectivity index (χ1v) is 12.4. The molecule has 3 aromatic rings. The molecule has 1 aliphatic carbocycles. The van der Waals surface area contributed by atoms with E-state index < -0.39 is 17.8 Å². The van der Waals surface area contributed by atoms with Crippen LogP contribution in [0.3, 0.4) is 0 Å². The van der Waals surface area contributed by atoms with Crippen LogP contribution >= 0.6 is 11.3 Å². The van der Waals surface area contributed by atoms with Gasteiger partial charge in [0.05, 0.1) is 11.4 Å². The van der Waals surface area contributed by atoms with Crippen molar-refractivity contribution in [2.75, 3.05) is 11.4 Å². The molecule has 1 aromatic carbocycles. The highest BCUT2D eigenvalue weighted by Gasteiger charge is 2.34. The number of nitrogens with zero attached hydrogens (tertiary/aromatic N) is 2. The molecule has 1 fully saturated rings. The number of pyridine rings is 1. The lowest BCUT2D eigenvalue weighted by atomic mass is 10.0. The number of benzene rings is 1. The lowest BCUT2D eigenvalue weighted by Crippen LogP contribution is -2.49. The number of carbonyl (C=O) groups is 3. The van der Waals surface area contributed by atoms with Gasteiger partial charge in [-0.05, 0) is 66.6 Å². The van der Waals surface area contributed by atoms with Crippen molar-refractivity contribution in [3.05, 3.63) is 82.1 Å². The normalized spacial score (nSPS) is 14.3. The molecule has 1 unspecified atom stereocenters. The molecule has 0 radical (unpaired) electrons. The van der Waals surface area contributed by atoms with Gasteiger partial charge in [0.2, 0.25) is 11.8 Å². The molecule has 0 bridgehead atoms. The van der Waals surface area contributed by atoms with E-state index in [2.05, 4.69) is 15.6 Å². The van der Waals surface area contributed by atoms with E-state index in [-0.39, 0.29) is 30.1 Å². The third kappa shape index (κ3) is 5.92. The number of anilines is 1. The molecule has 0 aliphatic heterocycles. The molecular weight excluding hydrogens is 467 g/mol. The first-order chi connectivity index (χ1) is 16.9. The maximum atomic E-state index is 14.6. The summed E-state index contributed by atoms with van der Waals surface area (Å²) in [6.45, 7) is 1.27. The van der Waals surface area contributed by atoms with E-state index in [1.54, 1.807) is 61.1 Å². The number of thiophene rings is 1. The van der Waals surface area contributed by atoms with E-state index in [1.165, 1.54) is 22.3 Å². The van der Waals surface area contributed by atoms with Crippen molar-refractivity contribution in [2.45, 2.75) is 44.7 Å². The van der Waals surface area contributed by atoms with Crippen molar-refractivity contribution < 1.29 is 18.8 Å². The van der Waals surface area contributed by atoms with Crippen molar-refractivity contribution in [1.82, 2.24) is 15.6 Å². The molecule has 2 aromatic heterocycles. The van der Waals surface area contributed by atoms with Gasteiger partial charge >= 0.3 is 0 Å². The third-order valence-electron chi connectivity index (χ3n) is 6.08. The van der Waals surface area contributed by atoms with E-state index in [4.69, 9.17) is 0 Å². The summed E-state index contributed by atoms with van der Waals surface area (Å²) in [5.74, 6) is -1.78. The maximum Gasteiger partial charge on any atom is 0.261 e. The summed E-state index contributed by atoms with van der Waals surface area (Å²) in [7, 11) is 0. The van der Waals surface area contributed by atoms with Crippen LogP contribution in [0, 0.1) is 12.7 Å². The Morgan fingerprint density at radius 2 is 1.89 bits per heavy atom. The standard InChI is InChI=1S/C26H27FN4O3S/c1-17-8-9-20(15-21(17)27)31(23(32)16-29-25(33)22-7-4-14-35-22)24(18-10-12-28-13-11-18)26(34)30-19-5-2-3-6-19/h4,7-15,19,24H,2-3,5-6,16H2,1H3,(H,29,33)(H,30,34). The smallest absolute Gasteiger partial charge is 0.261 e. The van der Waals surface area contributed by atoms with Crippen LogP contribution in [0.4, 0.5) is 10.1 Å². The third-order valence-corrected chi connectivity index (χ3v) is 6.95. The maximum absolute atomic E-state index is 14.6. The van der Waals surface area contributed by atoms with Crippen LogP contribution in [-0.4, -0.2) is 35.3 Å². The quantitative estimate of drug-likeness (QED) is 0.492. The van der Waals surface area contributed by atoms with Crippen LogP contribution < -0.4 is 15.5 Å². The first-order valence-electron chi connectivity index (χ1n) is 11.5. The summed E-state index contributed by atoms with van der Waals surface area (Å²) in [5.41, 5.74) is 1.18. The summed E-state index contributed by atoms with van der Waals surface area (Å²) in [5, 5.41) is 7.45. The number of nitrogens with one attached hydrogen (secondary N) is 2. The van der Waals surface area contributed by atoms with Gasteiger partial charge in [-0.15, -0.1) is 11.3 Å². The average Bonchev–Trinajstić information content (AvgIpc) is 3.58. The van der Waals surface area contributed by atoms with Crippen LogP contribution in [0.1, 0.15) is 52.5 Å². The van der Waals surface area contributed by atoms with Gasteiger partial charge in [-0.25, -0.2) is 4.39 Å². The highest BCUT2D eigenvalue weighted by Crippen LogP contribution is 2.30. The summed E-state index contributed by atoms with van der Waals surface area (Å²) in [6, 6.07) is 10.1. The zero-order chi connectivity index (χ0) is 24.8. The molecule has 0 saturated heterocycles. The Labute approximate surface area is 207 Å². The summed E-state index contributed by atoms with van der Waals surface area (Å²) >= 11 is 1.26. The Kier molecular flexibility index (Phi) is 7.87. The van der Waals surface area contributed by atoms with Gasteiger partial charge < -0.3 is 10.6 Å². The largest absolute Gasteiger partial charge is 0.351 e. The Morgan fingerprint density at radius 3 is 2.54 bits per heavy atom. The van der Waals surface area contributed by atoms with Crippen LogP contribution in [0.2, 0.25) is 0 Å². The highest BCUT2D eigenvalue weighted by molar-refractivity contribution is 7.12. The number of carbonyl (C=O) groups excluding carboxylic acids is 3. The van der Waals surface area contributed by atoms with Gasteiger partial charge in [-0.3, -0.25) is 24.3 Å². The average molecular weight is 495 g/mol. The Morgan fingerprint density at radius 1 is 1.14 bits per heavy atom. The number of amides is 3.